The molecule has 0 saturated carbocycles. The molecule has 3 aromatic rings. The molecule has 3 rings (SSSR count). The van der Waals surface area contributed by atoms with E-state index in [1.54, 1.807) is 49.4 Å². The van der Waals surface area contributed by atoms with Crippen molar-refractivity contribution >= 4 is 27.3 Å². The van der Waals surface area contributed by atoms with Crippen molar-refractivity contribution in [1.29, 1.82) is 0 Å². The SMILES string of the molecule is COc1ccccc1NC(=O)c1ccc(C)c(S(=O)(=O)Nc2ccc(C)cc2C)c1. The van der Waals surface area contributed by atoms with E-state index in [1.165, 1.54) is 13.2 Å². The summed E-state index contributed by atoms with van der Waals surface area (Å²) in [6, 6.07) is 17.1. The first kappa shape index (κ1) is 21.4. The normalized spacial score (nSPS) is 11.1. The topological polar surface area (TPSA) is 84.5 Å². The summed E-state index contributed by atoms with van der Waals surface area (Å²) in [6.07, 6.45) is 0. The van der Waals surface area contributed by atoms with Gasteiger partial charge in [0.05, 0.1) is 23.4 Å². The minimum Gasteiger partial charge on any atom is -0.495 e. The maximum Gasteiger partial charge on any atom is 0.262 e. The summed E-state index contributed by atoms with van der Waals surface area (Å²) in [6.45, 7) is 5.48. The van der Waals surface area contributed by atoms with Crippen LogP contribution >= 0.6 is 0 Å². The molecule has 0 unspecified atom stereocenters. The van der Waals surface area contributed by atoms with Crippen LogP contribution in [0.15, 0.2) is 65.6 Å². The highest BCUT2D eigenvalue weighted by Gasteiger charge is 2.20. The number of ether oxygens (including phenoxy) is 1. The average Bonchev–Trinajstić information content (AvgIpc) is 2.70. The van der Waals surface area contributed by atoms with Gasteiger partial charge in [-0.25, -0.2) is 8.42 Å². The largest absolute Gasteiger partial charge is 0.495 e. The van der Waals surface area contributed by atoms with Crippen molar-refractivity contribution in [3.8, 4) is 5.75 Å². The van der Waals surface area contributed by atoms with Gasteiger partial charge in [0.2, 0.25) is 0 Å². The van der Waals surface area contributed by atoms with E-state index in [4.69, 9.17) is 4.74 Å². The molecule has 30 heavy (non-hydrogen) atoms. The summed E-state index contributed by atoms with van der Waals surface area (Å²) >= 11 is 0. The molecular weight excluding hydrogens is 400 g/mol. The van der Waals surface area contributed by atoms with E-state index in [-0.39, 0.29) is 10.5 Å². The zero-order valence-electron chi connectivity index (χ0n) is 17.3. The molecule has 6 nitrogen and oxygen atoms in total. The van der Waals surface area contributed by atoms with E-state index >= 15 is 0 Å². The Morgan fingerprint density at radius 1 is 0.867 bits per heavy atom. The number of benzene rings is 3. The van der Waals surface area contributed by atoms with Gasteiger partial charge < -0.3 is 10.1 Å². The van der Waals surface area contributed by atoms with E-state index in [0.29, 0.717) is 22.7 Å². The molecule has 7 heteroatoms. The molecule has 0 heterocycles. The number of carbonyl (C=O) groups is 1. The van der Waals surface area contributed by atoms with E-state index in [1.807, 2.05) is 26.0 Å². The molecule has 0 radical (unpaired) electrons. The maximum atomic E-state index is 13.0. The highest BCUT2D eigenvalue weighted by atomic mass is 32.2. The molecule has 3 aromatic carbocycles. The molecular formula is C23H24N2O4S. The number of hydrogen-bond acceptors (Lipinski definition) is 4. The van der Waals surface area contributed by atoms with Crippen LogP contribution in [0.5, 0.6) is 5.75 Å². The zero-order valence-corrected chi connectivity index (χ0v) is 18.1. The maximum absolute atomic E-state index is 13.0. The molecule has 0 atom stereocenters. The van der Waals surface area contributed by atoms with Gasteiger partial charge in [-0.15, -0.1) is 0 Å². The first-order chi connectivity index (χ1) is 14.2. The van der Waals surface area contributed by atoms with Gasteiger partial charge in [-0.1, -0.05) is 35.9 Å². The molecule has 156 valence electrons. The highest BCUT2D eigenvalue weighted by Crippen LogP contribution is 2.26. The van der Waals surface area contributed by atoms with Crippen LogP contribution in [0.4, 0.5) is 11.4 Å². The van der Waals surface area contributed by atoms with Crippen molar-refractivity contribution in [2.75, 3.05) is 17.1 Å². The van der Waals surface area contributed by atoms with E-state index in [2.05, 4.69) is 10.0 Å². The minimum atomic E-state index is -3.88. The van der Waals surface area contributed by atoms with Gasteiger partial charge in [0.25, 0.3) is 15.9 Å². The Morgan fingerprint density at radius 3 is 2.30 bits per heavy atom. The molecule has 0 aliphatic heterocycles. The Hall–Kier alpha value is -3.32. The Morgan fingerprint density at radius 2 is 1.60 bits per heavy atom. The number of sulfonamides is 1. The van der Waals surface area contributed by atoms with Crippen LogP contribution < -0.4 is 14.8 Å². The Labute approximate surface area is 177 Å². The van der Waals surface area contributed by atoms with Gasteiger partial charge in [-0.05, 0) is 62.2 Å². The van der Waals surface area contributed by atoms with Crippen molar-refractivity contribution < 1.29 is 17.9 Å². The van der Waals surface area contributed by atoms with Crippen molar-refractivity contribution in [2.24, 2.45) is 0 Å². The molecule has 0 spiro atoms. The Balaban J connectivity index is 1.91. The number of carbonyl (C=O) groups excluding carboxylic acids is 1. The Kier molecular flexibility index (Phi) is 6.12. The fraction of sp³-hybridized carbons (Fsp3) is 0.174. The third kappa shape index (κ3) is 4.63. The number of anilines is 2. The summed E-state index contributed by atoms with van der Waals surface area (Å²) in [4.78, 5) is 12.8. The first-order valence-corrected chi connectivity index (χ1v) is 10.8. The second kappa shape index (κ2) is 8.59. The number of hydrogen-bond donors (Lipinski definition) is 2. The average molecular weight is 425 g/mol. The van der Waals surface area contributed by atoms with Crippen LogP contribution in [0.2, 0.25) is 0 Å². The molecule has 0 bridgehead atoms. The zero-order chi connectivity index (χ0) is 21.9. The van der Waals surface area contributed by atoms with E-state index < -0.39 is 15.9 Å². The lowest BCUT2D eigenvalue weighted by atomic mass is 10.1. The predicted molar refractivity (Wildman–Crippen MR) is 119 cm³/mol. The van der Waals surface area contributed by atoms with Crippen LogP contribution in [-0.2, 0) is 10.0 Å². The summed E-state index contributed by atoms with van der Waals surface area (Å²) in [5.74, 6) is 0.0878. The van der Waals surface area contributed by atoms with Gasteiger partial charge in [-0.3, -0.25) is 9.52 Å². The lowest BCUT2D eigenvalue weighted by Gasteiger charge is -2.14. The highest BCUT2D eigenvalue weighted by molar-refractivity contribution is 7.92. The first-order valence-electron chi connectivity index (χ1n) is 9.36. The number of methoxy groups -OCH3 is 1. The molecule has 1 amide bonds. The predicted octanol–water partition coefficient (Wildman–Crippen LogP) is 4.67. The number of amides is 1. The summed E-state index contributed by atoms with van der Waals surface area (Å²) in [5, 5.41) is 2.76. The lowest BCUT2D eigenvalue weighted by molar-refractivity contribution is 0.102. The summed E-state index contributed by atoms with van der Waals surface area (Å²) in [5.41, 5.74) is 3.64. The lowest BCUT2D eigenvalue weighted by Crippen LogP contribution is -2.17. The fourth-order valence-corrected chi connectivity index (χ4v) is 4.50. The van der Waals surface area contributed by atoms with Crippen molar-refractivity contribution in [1.82, 2.24) is 0 Å². The van der Waals surface area contributed by atoms with Crippen LogP contribution in [0.1, 0.15) is 27.0 Å². The molecule has 0 aliphatic carbocycles. The van der Waals surface area contributed by atoms with Gasteiger partial charge in [-0.2, -0.15) is 0 Å². The number of para-hydroxylation sites is 2. The molecule has 0 saturated heterocycles. The standard InChI is InChI=1S/C23H24N2O4S/c1-15-9-12-19(17(3)13-15)25-30(27,28)22-14-18(11-10-16(22)2)23(26)24-20-7-5-6-8-21(20)29-4/h5-14,25H,1-4H3,(H,24,26). The van der Waals surface area contributed by atoms with Gasteiger partial charge in [0, 0.05) is 5.56 Å². The molecule has 0 aromatic heterocycles. The van der Waals surface area contributed by atoms with E-state index in [0.717, 1.165) is 11.1 Å². The van der Waals surface area contributed by atoms with Crippen molar-refractivity contribution in [2.45, 2.75) is 25.7 Å². The van der Waals surface area contributed by atoms with Crippen LogP contribution in [0.3, 0.4) is 0 Å². The van der Waals surface area contributed by atoms with Gasteiger partial charge in [0.15, 0.2) is 0 Å². The Bertz CT molecular complexity index is 1200. The number of rotatable bonds is 6. The van der Waals surface area contributed by atoms with Crippen molar-refractivity contribution in [3.05, 3.63) is 82.9 Å². The van der Waals surface area contributed by atoms with E-state index in [9.17, 15) is 13.2 Å². The van der Waals surface area contributed by atoms with Crippen molar-refractivity contribution in [3.63, 3.8) is 0 Å². The smallest absolute Gasteiger partial charge is 0.262 e. The van der Waals surface area contributed by atoms with Crippen LogP contribution in [0.25, 0.3) is 0 Å². The summed E-state index contributed by atoms with van der Waals surface area (Å²) < 4.78 is 33.9. The molecule has 0 fully saturated rings. The van der Waals surface area contributed by atoms with Gasteiger partial charge >= 0.3 is 0 Å². The molecule has 0 aliphatic rings. The molecule has 2 N–H and O–H groups in total. The second-order valence-corrected chi connectivity index (χ2v) is 8.71. The third-order valence-corrected chi connectivity index (χ3v) is 6.23. The third-order valence-electron chi connectivity index (χ3n) is 4.72. The minimum absolute atomic E-state index is 0.0511. The van der Waals surface area contributed by atoms with Crippen LogP contribution in [-0.4, -0.2) is 21.4 Å². The second-order valence-electron chi connectivity index (χ2n) is 7.06. The van der Waals surface area contributed by atoms with Gasteiger partial charge in [0.1, 0.15) is 5.75 Å². The quantitative estimate of drug-likeness (QED) is 0.602. The number of nitrogens with one attached hydrogen (secondary N) is 2. The van der Waals surface area contributed by atoms with Crippen LogP contribution in [0, 0.1) is 20.8 Å². The monoisotopic (exact) mass is 424 g/mol. The fourth-order valence-electron chi connectivity index (χ4n) is 3.10. The number of aryl methyl sites for hydroxylation is 3. The summed E-state index contributed by atoms with van der Waals surface area (Å²) in [7, 11) is -2.36.